The molecule has 0 aromatic heterocycles. The van der Waals surface area contributed by atoms with Gasteiger partial charge in [0.25, 0.3) is 0 Å². The zero-order valence-electron chi connectivity index (χ0n) is 9.79. The van der Waals surface area contributed by atoms with E-state index in [1.165, 1.54) is 0 Å². The molecule has 0 amide bonds. The van der Waals surface area contributed by atoms with Gasteiger partial charge in [-0.05, 0) is 5.56 Å². The maximum atomic E-state index is 6.34. The van der Waals surface area contributed by atoms with Gasteiger partial charge in [-0.2, -0.15) is 0 Å². The summed E-state index contributed by atoms with van der Waals surface area (Å²) in [4.78, 5) is 0. The highest BCUT2D eigenvalue weighted by Crippen LogP contribution is 2.70. The largest absolute Gasteiger partial charge is 0.191 e. The first-order chi connectivity index (χ1) is 9.39. The normalized spacial score (nSPS) is 25.8. The first-order valence-electron chi connectivity index (χ1n) is 5.36. The van der Waals surface area contributed by atoms with E-state index in [4.69, 9.17) is 104 Å². The van der Waals surface area contributed by atoms with E-state index in [0.29, 0.717) is 5.56 Å². The van der Waals surface area contributed by atoms with Crippen molar-refractivity contribution < 1.29 is 0 Å². The maximum absolute atomic E-state index is 6.34. The van der Waals surface area contributed by atoms with E-state index in [-0.39, 0.29) is 10.6 Å². The second-order valence-corrected chi connectivity index (χ2v) is 10.0. The molecule has 1 aliphatic rings. The van der Waals surface area contributed by atoms with Gasteiger partial charge in [-0.1, -0.05) is 135 Å². The number of halogens is 9. The highest BCUT2D eigenvalue weighted by Gasteiger charge is 2.74. The lowest BCUT2D eigenvalue weighted by Crippen LogP contribution is -2.62. The van der Waals surface area contributed by atoms with Crippen molar-refractivity contribution in [1.82, 2.24) is 0 Å². The average Bonchev–Trinajstić information content (AvgIpc) is 2.38. The van der Waals surface area contributed by atoms with Crippen LogP contribution >= 0.6 is 104 Å². The molecule has 2 rings (SSSR count). The Hall–Kier alpha value is 1.57. The molecule has 21 heavy (non-hydrogen) atoms. The van der Waals surface area contributed by atoms with Crippen molar-refractivity contribution in [2.24, 2.45) is 0 Å². The number of benzene rings is 1. The summed E-state index contributed by atoms with van der Waals surface area (Å²) in [7, 11) is 0. The van der Waals surface area contributed by atoms with Crippen molar-refractivity contribution in [3.05, 3.63) is 40.9 Å². The lowest BCUT2D eigenvalue weighted by Gasteiger charge is -2.51. The molecule has 0 spiro atoms. The van der Waals surface area contributed by atoms with E-state index < -0.39 is 17.3 Å². The van der Waals surface area contributed by atoms with Crippen LogP contribution in [0.3, 0.4) is 0 Å². The van der Waals surface area contributed by atoms with Crippen LogP contribution in [0.1, 0.15) is 5.56 Å². The van der Waals surface area contributed by atoms with E-state index in [0.717, 1.165) is 0 Å². The van der Waals surface area contributed by atoms with Gasteiger partial charge in [0, 0.05) is 5.57 Å². The van der Waals surface area contributed by atoms with E-state index in [1.54, 1.807) is 30.3 Å². The van der Waals surface area contributed by atoms with Crippen LogP contribution in [0, 0.1) is 0 Å². The highest BCUT2D eigenvalue weighted by atomic mass is 35.6. The van der Waals surface area contributed by atoms with Gasteiger partial charge in [-0.3, -0.25) is 0 Å². The minimum Gasteiger partial charge on any atom is -0.0943 e. The summed E-state index contributed by atoms with van der Waals surface area (Å²) in [5, 5.41) is -0.149. The minimum absolute atomic E-state index is 0.139. The second kappa shape index (κ2) is 5.83. The van der Waals surface area contributed by atoms with Crippen molar-refractivity contribution in [3.63, 3.8) is 0 Å². The Balaban J connectivity index is 2.85. The predicted octanol–water partition coefficient (Wildman–Crippen LogP) is 7.35. The van der Waals surface area contributed by atoms with E-state index in [1.807, 2.05) is 0 Å². The van der Waals surface area contributed by atoms with Gasteiger partial charge in [0.1, 0.15) is 0 Å². The third-order valence-corrected chi connectivity index (χ3v) is 9.04. The van der Waals surface area contributed by atoms with Gasteiger partial charge in [-0.15, -0.1) is 0 Å². The number of hydrogen-bond acceptors (Lipinski definition) is 0. The molecule has 0 radical (unpaired) electrons. The van der Waals surface area contributed by atoms with E-state index in [9.17, 15) is 0 Å². The molecule has 1 aromatic carbocycles. The van der Waals surface area contributed by atoms with Crippen LogP contribution in [0.25, 0.3) is 5.57 Å². The standard InChI is InChI=1S/C12H5Cl9/c13-8-7(6-4-2-1-3-5-6)9(14,15)11(18,19)12(20,21)10(8,16)17/h1-5H. The van der Waals surface area contributed by atoms with Crippen LogP contribution in [0.15, 0.2) is 35.4 Å². The van der Waals surface area contributed by atoms with Crippen LogP contribution in [-0.2, 0) is 0 Å². The molecule has 9 heteroatoms. The molecule has 0 atom stereocenters. The first kappa shape index (κ1) is 18.9. The SMILES string of the molecule is ClC1=C(c2ccccc2)C(Cl)(Cl)C(Cl)(Cl)C(Cl)(Cl)C1(Cl)Cl. The Morgan fingerprint density at radius 2 is 1.05 bits per heavy atom. The molecule has 0 saturated heterocycles. The Labute approximate surface area is 167 Å². The van der Waals surface area contributed by atoms with Gasteiger partial charge in [0.05, 0.1) is 5.03 Å². The van der Waals surface area contributed by atoms with E-state index in [2.05, 4.69) is 0 Å². The average molecular weight is 468 g/mol. The Morgan fingerprint density at radius 3 is 1.52 bits per heavy atom. The maximum Gasteiger partial charge on any atom is 0.191 e. The van der Waals surface area contributed by atoms with Crippen molar-refractivity contribution in [3.8, 4) is 0 Å². The highest BCUT2D eigenvalue weighted by molar-refractivity contribution is 6.78. The van der Waals surface area contributed by atoms with Crippen LogP contribution in [0.2, 0.25) is 0 Å². The lowest BCUT2D eigenvalue weighted by molar-refractivity contribution is 0.594. The monoisotopic (exact) mass is 464 g/mol. The molecular weight excluding hydrogens is 463 g/mol. The number of allylic oxidation sites excluding steroid dienone is 2. The summed E-state index contributed by atoms with van der Waals surface area (Å²) in [6, 6.07) is 8.67. The predicted molar refractivity (Wildman–Crippen MR) is 97.0 cm³/mol. The molecule has 0 N–H and O–H groups in total. The Bertz CT molecular complexity index is 586. The van der Waals surface area contributed by atoms with Gasteiger partial charge in [-0.25, -0.2) is 0 Å². The summed E-state index contributed by atoms with van der Waals surface area (Å²) < 4.78 is -8.27. The molecule has 116 valence electrons. The summed E-state index contributed by atoms with van der Waals surface area (Å²) in [6.45, 7) is 0. The smallest absolute Gasteiger partial charge is 0.0943 e. The fraction of sp³-hybridized carbons (Fsp3) is 0.333. The van der Waals surface area contributed by atoms with Gasteiger partial charge in [0.2, 0.25) is 0 Å². The molecule has 0 bridgehead atoms. The Kier molecular flexibility index (Phi) is 5.25. The summed E-state index contributed by atoms with van der Waals surface area (Å²) in [5.74, 6) is 0. The molecule has 0 fully saturated rings. The van der Waals surface area contributed by atoms with Crippen molar-refractivity contribution in [1.29, 1.82) is 0 Å². The van der Waals surface area contributed by atoms with Crippen molar-refractivity contribution in [2.45, 2.75) is 17.3 Å². The lowest BCUT2D eigenvalue weighted by atomic mass is 9.90. The topological polar surface area (TPSA) is 0 Å². The van der Waals surface area contributed by atoms with Crippen molar-refractivity contribution >= 4 is 110 Å². The summed E-state index contributed by atoms with van der Waals surface area (Å²) >= 11 is 56.1. The van der Waals surface area contributed by atoms with Crippen LogP contribution in [0.4, 0.5) is 0 Å². The third-order valence-electron chi connectivity index (χ3n) is 3.05. The second-order valence-electron chi connectivity index (χ2n) is 4.35. The fourth-order valence-corrected chi connectivity index (χ4v) is 4.98. The molecule has 0 aliphatic heterocycles. The molecule has 0 nitrogen and oxygen atoms in total. The minimum atomic E-state index is -2.16. The number of hydrogen-bond donors (Lipinski definition) is 0. The zero-order valence-corrected chi connectivity index (χ0v) is 16.6. The van der Waals surface area contributed by atoms with Crippen molar-refractivity contribution in [2.75, 3.05) is 0 Å². The van der Waals surface area contributed by atoms with Gasteiger partial charge in [0.15, 0.2) is 17.3 Å². The summed E-state index contributed by atoms with van der Waals surface area (Å²) in [6.07, 6.45) is 0. The van der Waals surface area contributed by atoms with Crippen LogP contribution < -0.4 is 0 Å². The third kappa shape index (κ3) is 2.58. The number of rotatable bonds is 1. The molecule has 0 unspecified atom stereocenters. The number of alkyl halides is 8. The van der Waals surface area contributed by atoms with Gasteiger partial charge >= 0.3 is 0 Å². The van der Waals surface area contributed by atoms with E-state index >= 15 is 0 Å². The summed E-state index contributed by atoms with van der Waals surface area (Å²) in [5.41, 5.74) is 0.674. The fourth-order valence-electron chi connectivity index (χ4n) is 1.90. The Morgan fingerprint density at radius 1 is 0.619 bits per heavy atom. The van der Waals surface area contributed by atoms with Crippen LogP contribution in [-0.4, -0.2) is 17.3 Å². The molecule has 0 heterocycles. The van der Waals surface area contributed by atoms with Gasteiger partial charge < -0.3 is 0 Å². The molecule has 1 aliphatic carbocycles. The zero-order chi connectivity index (χ0) is 16.3. The molecular formula is C12H5Cl9. The quantitative estimate of drug-likeness (QED) is 0.378. The van der Waals surface area contributed by atoms with Crippen LogP contribution in [0.5, 0.6) is 0 Å². The molecule has 0 saturated carbocycles. The molecule has 1 aromatic rings. The first-order valence-corrected chi connectivity index (χ1v) is 8.76.